The molecule has 0 saturated carbocycles. The molecule has 2 amide bonds. The number of carbonyl (C=O) groups excluding carboxylic acids is 2. The summed E-state index contributed by atoms with van der Waals surface area (Å²) in [5.41, 5.74) is 2.89. The van der Waals surface area contributed by atoms with Crippen molar-refractivity contribution in [2.75, 3.05) is 24.3 Å². The van der Waals surface area contributed by atoms with Crippen LogP contribution in [-0.4, -0.2) is 35.3 Å². The molecule has 0 aliphatic heterocycles. The molecule has 0 radical (unpaired) electrons. The van der Waals surface area contributed by atoms with Crippen LogP contribution in [0.1, 0.15) is 19.4 Å². The van der Waals surface area contributed by atoms with E-state index in [0.717, 1.165) is 21.7 Å². The van der Waals surface area contributed by atoms with Crippen LogP contribution >= 0.6 is 23.1 Å². The first-order valence-corrected chi connectivity index (χ1v) is 11.7. The Morgan fingerprint density at radius 1 is 1.20 bits per heavy atom. The monoisotopic (exact) mass is 443 g/mol. The fourth-order valence-corrected chi connectivity index (χ4v) is 4.81. The van der Waals surface area contributed by atoms with Crippen LogP contribution in [0.3, 0.4) is 0 Å². The number of hydrogen-bond acceptors (Lipinski definition) is 5. The molecule has 0 unspecified atom stereocenters. The van der Waals surface area contributed by atoms with Gasteiger partial charge in [0.1, 0.15) is 0 Å². The molecule has 0 bridgehead atoms. The van der Waals surface area contributed by atoms with Gasteiger partial charge in [-0.2, -0.15) is 4.99 Å². The van der Waals surface area contributed by atoms with Crippen molar-refractivity contribution >= 4 is 50.8 Å². The molecular weight excluding hydrogens is 418 g/mol. The number of ether oxygens (including phenoxy) is 1. The van der Waals surface area contributed by atoms with Gasteiger partial charge in [-0.1, -0.05) is 41.7 Å². The summed E-state index contributed by atoms with van der Waals surface area (Å²) in [4.78, 5) is 28.9. The number of benzene rings is 2. The summed E-state index contributed by atoms with van der Waals surface area (Å²) in [7, 11) is 0. The van der Waals surface area contributed by atoms with Gasteiger partial charge in [-0.15, -0.1) is 11.8 Å². The summed E-state index contributed by atoms with van der Waals surface area (Å²) in [6, 6.07) is 15.8. The number of anilines is 1. The highest BCUT2D eigenvalue weighted by Gasteiger charge is 2.10. The third-order valence-corrected chi connectivity index (χ3v) is 6.25. The van der Waals surface area contributed by atoms with Gasteiger partial charge >= 0.3 is 0 Å². The predicted octanol–water partition coefficient (Wildman–Crippen LogP) is 4.06. The van der Waals surface area contributed by atoms with Crippen LogP contribution in [0, 0.1) is 0 Å². The average molecular weight is 444 g/mol. The Hall–Kier alpha value is -2.42. The maximum Gasteiger partial charge on any atom is 0.258 e. The fraction of sp³-hybridized carbons (Fsp3) is 0.318. The van der Waals surface area contributed by atoms with Crippen molar-refractivity contribution in [2.24, 2.45) is 4.99 Å². The molecule has 158 valence electrons. The van der Waals surface area contributed by atoms with E-state index in [9.17, 15) is 9.59 Å². The minimum atomic E-state index is -0.158. The van der Waals surface area contributed by atoms with Gasteiger partial charge in [-0.25, -0.2) is 0 Å². The van der Waals surface area contributed by atoms with Gasteiger partial charge < -0.3 is 14.6 Å². The van der Waals surface area contributed by atoms with Gasteiger partial charge in [0.2, 0.25) is 5.91 Å². The number of rotatable bonds is 9. The zero-order valence-corrected chi connectivity index (χ0v) is 18.7. The molecule has 0 fully saturated rings. The van der Waals surface area contributed by atoms with Crippen molar-refractivity contribution in [3.05, 3.63) is 58.9 Å². The Morgan fingerprint density at radius 3 is 2.73 bits per heavy atom. The number of nitrogens with zero attached hydrogens (tertiary/aromatic N) is 2. The topological polar surface area (TPSA) is 72.7 Å². The summed E-state index contributed by atoms with van der Waals surface area (Å²) < 4.78 is 8.47. The smallest absolute Gasteiger partial charge is 0.258 e. The quantitative estimate of drug-likeness (QED) is 0.506. The maximum absolute atomic E-state index is 12.5. The second kappa shape index (κ2) is 11.1. The van der Waals surface area contributed by atoms with Crippen molar-refractivity contribution in [3.63, 3.8) is 0 Å². The van der Waals surface area contributed by atoms with Gasteiger partial charge in [-0.05, 0) is 30.7 Å². The average Bonchev–Trinajstić information content (AvgIpc) is 3.05. The van der Waals surface area contributed by atoms with Crippen LogP contribution in [0.5, 0.6) is 0 Å². The molecule has 0 saturated heterocycles. The maximum atomic E-state index is 12.5. The molecule has 1 N–H and O–H groups in total. The lowest BCUT2D eigenvalue weighted by Gasteiger charge is -2.06. The standard InChI is InChI=1S/C22H25N3O3S2/c1-3-28-12-11-25-19-10-9-18(23-16(2)26)13-20(19)30-22(25)24-21(27)15-29-14-17-7-5-4-6-8-17/h4-10,13H,3,11-12,14-15H2,1-2H3,(H,23,26). The Labute approximate surface area is 184 Å². The molecule has 0 aliphatic rings. The fourth-order valence-electron chi connectivity index (χ4n) is 2.93. The minimum Gasteiger partial charge on any atom is -0.380 e. The van der Waals surface area contributed by atoms with E-state index in [-0.39, 0.29) is 11.8 Å². The zero-order valence-electron chi connectivity index (χ0n) is 17.1. The Kier molecular flexibility index (Phi) is 8.24. The van der Waals surface area contributed by atoms with E-state index in [0.29, 0.717) is 30.3 Å². The number of nitrogens with one attached hydrogen (secondary N) is 1. The van der Waals surface area contributed by atoms with E-state index in [1.54, 1.807) is 11.8 Å². The van der Waals surface area contributed by atoms with Crippen LogP contribution in [0.4, 0.5) is 5.69 Å². The molecule has 30 heavy (non-hydrogen) atoms. The van der Waals surface area contributed by atoms with Crippen LogP contribution < -0.4 is 10.1 Å². The minimum absolute atomic E-state index is 0.120. The van der Waals surface area contributed by atoms with Crippen molar-refractivity contribution in [1.29, 1.82) is 0 Å². The van der Waals surface area contributed by atoms with Crippen molar-refractivity contribution < 1.29 is 14.3 Å². The SMILES string of the molecule is CCOCCn1c(=NC(=O)CSCc2ccccc2)sc2cc(NC(C)=O)ccc21. The molecule has 3 rings (SSSR count). The molecule has 0 aliphatic carbocycles. The molecule has 3 aromatic rings. The first kappa shape index (κ1) is 22.3. The molecule has 6 nitrogen and oxygen atoms in total. The highest BCUT2D eigenvalue weighted by atomic mass is 32.2. The number of thiazole rings is 1. The van der Waals surface area contributed by atoms with Crippen molar-refractivity contribution in [3.8, 4) is 0 Å². The second-order valence-corrected chi connectivity index (χ2v) is 8.58. The largest absolute Gasteiger partial charge is 0.380 e. The first-order chi connectivity index (χ1) is 14.6. The summed E-state index contributed by atoms with van der Waals surface area (Å²) in [5, 5.41) is 2.80. The number of aromatic nitrogens is 1. The highest BCUT2D eigenvalue weighted by Crippen LogP contribution is 2.22. The van der Waals surface area contributed by atoms with E-state index in [2.05, 4.69) is 22.4 Å². The Balaban J connectivity index is 1.80. The number of carbonyl (C=O) groups is 2. The molecule has 0 spiro atoms. The van der Waals surface area contributed by atoms with E-state index in [1.165, 1.54) is 23.8 Å². The molecule has 0 atom stereocenters. The lowest BCUT2D eigenvalue weighted by Crippen LogP contribution is -2.20. The lowest BCUT2D eigenvalue weighted by atomic mass is 10.2. The normalized spacial score (nSPS) is 11.7. The van der Waals surface area contributed by atoms with Gasteiger partial charge in [0.15, 0.2) is 4.80 Å². The van der Waals surface area contributed by atoms with Gasteiger partial charge in [0.25, 0.3) is 5.91 Å². The zero-order chi connectivity index (χ0) is 21.3. The van der Waals surface area contributed by atoms with Gasteiger partial charge in [0.05, 0.1) is 22.6 Å². The third kappa shape index (κ3) is 6.29. The molecule has 2 aromatic carbocycles. The number of hydrogen-bond donors (Lipinski definition) is 1. The Morgan fingerprint density at radius 2 is 2.00 bits per heavy atom. The molecule has 1 heterocycles. The van der Waals surface area contributed by atoms with Crippen molar-refractivity contribution in [2.45, 2.75) is 26.1 Å². The van der Waals surface area contributed by atoms with Crippen LogP contribution in [0.2, 0.25) is 0 Å². The Bertz CT molecular complexity index is 1070. The first-order valence-electron chi connectivity index (χ1n) is 9.74. The molecular formula is C22H25N3O3S2. The summed E-state index contributed by atoms with van der Waals surface area (Å²) >= 11 is 3.00. The number of fused-ring (bicyclic) bond motifs is 1. The van der Waals surface area contributed by atoms with Crippen LogP contribution in [0.15, 0.2) is 53.5 Å². The van der Waals surface area contributed by atoms with Crippen LogP contribution in [0.25, 0.3) is 10.2 Å². The number of amides is 2. The lowest BCUT2D eigenvalue weighted by molar-refractivity contribution is -0.116. The third-order valence-electron chi connectivity index (χ3n) is 4.22. The van der Waals surface area contributed by atoms with E-state index in [1.807, 2.05) is 47.9 Å². The van der Waals surface area contributed by atoms with Crippen LogP contribution in [-0.2, 0) is 26.6 Å². The van der Waals surface area contributed by atoms with E-state index < -0.39 is 0 Å². The predicted molar refractivity (Wildman–Crippen MR) is 124 cm³/mol. The second-order valence-electron chi connectivity index (χ2n) is 6.58. The van der Waals surface area contributed by atoms with Gasteiger partial charge in [0, 0.05) is 31.5 Å². The number of thioether (sulfide) groups is 1. The summed E-state index contributed by atoms with van der Waals surface area (Å²) in [6.45, 7) is 5.22. The molecule has 1 aromatic heterocycles. The highest BCUT2D eigenvalue weighted by molar-refractivity contribution is 7.99. The summed E-state index contributed by atoms with van der Waals surface area (Å²) in [5.74, 6) is 0.824. The van der Waals surface area contributed by atoms with Crippen molar-refractivity contribution in [1.82, 2.24) is 4.57 Å². The van der Waals surface area contributed by atoms with Gasteiger partial charge in [-0.3, -0.25) is 9.59 Å². The van der Waals surface area contributed by atoms with E-state index in [4.69, 9.17) is 4.74 Å². The molecule has 8 heteroatoms. The van der Waals surface area contributed by atoms with E-state index >= 15 is 0 Å². The summed E-state index contributed by atoms with van der Waals surface area (Å²) in [6.07, 6.45) is 0.